The zero-order valence-electron chi connectivity index (χ0n) is 24.3. The molecule has 4 atom stereocenters. The van der Waals surface area contributed by atoms with Gasteiger partial charge in [-0.1, -0.05) is 38.1 Å². The van der Waals surface area contributed by atoms with Crippen LogP contribution in [0.25, 0.3) is 10.4 Å². The van der Waals surface area contributed by atoms with Crippen LogP contribution in [0.1, 0.15) is 51.3 Å². The molecule has 3 rings (SSSR count). The number of aryl methyl sites for hydroxylation is 1. The van der Waals surface area contributed by atoms with Crippen molar-refractivity contribution in [3.8, 4) is 10.4 Å². The molecule has 2 heterocycles. The van der Waals surface area contributed by atoms with E-state index in [4.69, 9.17) is 4.74 Å². The quantitative estimate of drug-likeness (QED) is 0.279. The molecule has 224 valence electrons. The summed E-state index contributed by atoms with van der Waals surface area (Å²) in [5.74, 6) is -1.54. The summed E-state index contributed by atoms with van der Waals surface area (Å²) in [6, 6.07) is 5.18. The van der Waals surface area contributed by atoms with Crippen LogP contribution in [0, 0.1) is 12.8 Å². The minimum Gasteiger partial charge on any atom is -0.391 e. The van der Waals surface area contributed by atoms with Gasteiger partial charge in [0.1, 0.15) is 18.1 Å². The van der Waals surface area contributed by atoms with E-state index >= 15 is 0 Å². The molecule has 1 aliphatic heterocycles. The van der Waals surface area contributed by atoms with Gasteiger partial charge in [-0.15, -0.1) is 11.3 Å². The average Bonchev–Trinajstić information content (AvgIpc) is 3.54. The maximum absolute atomic E-state index is 13.3. The number of β-amino-alcohol motifs (C(OH)–C–C–N with tert-alkyl or cyclic N) is 1. The molecule has 0 unspecified atom stereocenters. The zero-order valence-corrected chi connectivity index (χ0v) is 25.1. The van der Waals surface area contributed by atoms with E-state index in [0.29, 0.717) is 6.42 Å². The second-order valence-electron chi connectivity index (χ2n) is 10.8. The first-order chi connectivity index (χ1) is 19.5. The molecule has 2 aromatic rings. The number of aromatic nitrogens is 1. The fraction of sp³-hybridized carbons (Fsp3) is 0.552. The van der Waals surface area contributed by atoms with E-state index in [1.165, 1.54) is 18.9 Å². The third-order valence-corrected chi connectivity index (χ3v) is 7.89. The Hall–Kier alpha value is -3.35. The number of nitrogens with one attached hydrogen (secondary N) is 3. The Labute approximate surface area is 245 Å². The summed E-state index contributed by atoms with van der Waals surface area (Å²) >= 11 is 1.57. The lowest BCUT2D eigenvalue weighted by atomic mass is 10.0. The van der Waals surface area contributed by atoms with Gasteiger partial charge in [0.25, 0.3) is 0 Å². The number of aliphatic hydroxyl groups is 1. The number of likely N-dealkylation sites (tertiary alicyclic amines) is 1. The predicted molar refractivity (Wildman–Crippen MR) is 156 cm³/mol. The first-order valence-electron chi connectivity index (χ1n) is 13.8. The lowest BCUT2D eigenvalue weighted by molar-refractivity contribution is -0.141. The predicted octanol–water partition coefficient (Wildman–Crippen LogP) is 1.77. The van der Waals surface area contributed by atoms with Crippen molar-refractivity contribution in [1.82, 2.24) is 25.8 Å². The zero-order chi connectivity index (χ0) is 30.1. The highest BCUT2D eigenvalue weighted by atomic mass is 32.1. The maximum Gasteiger partial charge on any atom is 0.245 e. The monoisotopic (exact) mass is 587 g/mol. The molecule has 41 heavy (non-hydrogen) atoms. The Bertz CT molecular complexity index is 1200. The molecule has 0 spiro atoms. The van der Waals surface area contributed by atoms with Gasteiger partial charge in [-0.2, -0.15) is 0 Å². The van der Waals surface area contributed by atoms with Gasteiger partial charge in [0.15, 0.2) is 0 Å². The molecule has 4 amide bonds. The van der Waals surface area contributed by atoms with E-state index in [0.717, 1.165) is 21.7 Å². The van der Waals surface area contributed by atoms with Crippen LogP contribution in [-0.4, -0.2) is 83.1 Å². The van der Waals surface area contributed by atoms with E-state index < -0.39 is 36.0 Å². The number of methoxy groups -OCH3 is 1. The van der Waals surface area contributed by atoms with Crippen LogP contribution in [0.3, 0.4) is 0 Å². The normalized spacial score (nSPS) is 18.2. The molecule has 1 aliphatic rings. The van der Waals surface area contributed by atoms with Crippen LogP contribution in [0.5, 0.6) is 0 Å². The Morgan fingerprint density at radius 3 is 2.46 bits per heavy atom. The van der Waals surface area contributed by atoms with E-state index in [1.54, 1.807) is 16.8 Å². The van der Waals surface area contributed by atoms with Gasteiger partial charge >= 0.3 is 0 Å². The molecule has 1 saturated heterocycles. The maximum atomic E-state index is 13.3. The van der Waals surface area contributed by atoms with Crippen LogP contribution >= 0.6 is 11.3 Å². The van der Waals surface area contributed by atoms with Crippen molar-refractivity contribution in [3.05, 3.63) is 41.0 Å². The fourth-order valence-corrected chi connectivity index (χ4v) is 5.57. The molecule has 1 fully saturated rings. The molecular formula is C29H41N5O6S. The van der Waals surface area contributed by atoms with Crippen LogP contribution in [0.4, 0.5) is 0 Å². The highest BCUT2D eigenvalue weighted by Gasteiger charge is 2.40. The molecule has 1 aromatic carbocycles. The number of benzene rings is 1. The molecule has 12 heteroatoms. The number of thiazole rings is 1. The molecule has 11 nitrogen and oxygen atoms in total. The van der Waals surface area contributed by atoms with Gasteiger partial charge in [-0.25, -0.2) is 4.98 Å². The standard InChI is InChI=1S/C29H41N5O6S/c1-17(2)12-23(33-25(36)10-11-40-5)27(37)32-19(4)29(39)34-15-22(35)13-24(34)28(38)30-14-20-6-8-21(9-7-20)26-18(3)31-16-41-26/h6-9,16-17,19,22-24,35H,10-15H2,1-5H3,(H,30,38)(H,32,37)(H,33,36)/t19-,22+,23-,24-/m0/s1. The van der Waals surface area contributed by atoms with E-state index in [-0.39, 0.29) is 50.3 Å². The highest BCUT2D eigenvalue weighted by Crippen LogP contribution is 2.27. The van der Waals surface area contributed by atoms with Gasteiger partial charge in [0.05, 0.1) is 28.8 Å². The summed E-state index contributed by atoms with van der Waals surface area (Å²) in [6.45, 7) is 7.84. The number of hydrogen-bond donors (Lipinski definition) is 4. The highest BCUT2D eigenvalue weighted by molar-refractivity contribution is 7.13. The third-order valence-electron chi connectivity index (χ3n) is 6.91. The molecule has 0 aliphatic carbocycles. The summed E-state index contributed by atoms with van der Waals surface area (Å²) in [5.41, 5.74) is 4.72. The molecule has 1 aromatic heterocycles. The van der Waals surface area contributed by atoms with Crippen LogP contribution in [0.2, 0.25) is 0 Å². The van der Waals surface area contributed by atoms with Crippen molar-refractivity contribution in [2.75, 3.05) is 20.3 Å². The SMILES string of the molecule is COCCC(=O)N[C@@H](CC(C)C)C(=O)N[C@@H](C)C(=O)N1C[C@H](O)C[C@H]1C(=O)NCc1ccc(-c2scnc2C)cc1. The summed E-state index contributed by atoms with van der Waals surface area (Å²) in [7, 11) is 1.49. The summed E-state index contributed by atoms with van der Waals surface area (Å²) in [4.78, 5) is 58.3. The first-order valence-corrected chi connectivity index (χ1v) is 14.7. The van der Waals surface area contributed by atoms with Crippen molar-refractivity contribution in [2.24, 2.45) is 5.92 Å². The van der Waals surface area contributed by atoms with Gasteiger partial charge in [-0.3, -0.25) is 19.2 Å². The largest absolute Gasteiger partial charge is 0.391 e. The average molecular weight is 588 g/mol. The van der Waals surface area contributed by atoms with Crippen LogP contribution < -0.4 is 16.0 Å². The number of amides is 4. The van der Waals surface area contributed by atoms with E-state index in [2.05, 4.69) is 20.9 Å². The Kier molecular flexibility index (Phi) is 11.8. The second kappa shape index (κ2) is 15.0. The van der Waals surface area contributed by atoms with Crippen molar-refractivity contribution in [3.63, 3.8) is 0 Å². The Morgan fingerprint density at radius 2 is 1.85 bits per heavy atom. The van der Waals surface area contributed by atoms with Crippen molar-refractivity contribution in [1.29, 1.82) is 0 Å². The number of carbonyl (C=O) groups excluding carboxylic acids is 4. The summed E-state index contributed by atoms with van der Waals surface area (Å²) < 4.78 is 4.93. The lowest BCUT2D eigenvalue weighted by Gasteiger charge is -2.28. The van der Waals surface area contributed by atoms with Crippen molar-refractivity contribution in [2.45, 2.75) is 77.7 Å². The topological polar surface area (TPSA) is 150 Å². The number of carbonyl (C=O) groups is 4. The number of rotatable bonds is 13. The minimum atomic E-state index is -0.962. The number of hydrogen-bond acceptors (Lipinski definition) is 8. The van der Waals surface area contributed by atoms with Gasteiger partial charge in [-0.05, 0) is 37.3 Å². The Morgan fingerprint density at radius 1 is 1.15 bits per heavy atom. The number of ether oxygens (including phenoxy) is 1. The number of nitrogens with zero attached hydrogens (tertiary/aromatic N) is 2. The summed E-state index contributed by atoms with van der Waals surface area (Å²) in [6.07, 6.45) is -0.240. The Balaban J connectivity index is 1.58. The minimum absolute atomic E-state index is 0.0107. The van der Waals surface area contributed by atoms with Gasteiger partial charge < -0.3 is 30.7 Å². The third kappa shape index (κ3) is 9.07. The molecule has 0 radical (unpaired) electrons. The molecule has 0 saturated carbocycles. The van der Waals surface area contributed by atoms with Gasteiger partial charge in [0.2, 0.25) is 23.6 Å². The molecule has 0 bridgehead atoms. The molecule has 4 N–H and O–H groups in total. The second-order valence-corrected chi connectivity index (χ2v) is 11.7. The van der Waals surface area contributed by atoms with E-state index in [1.807, 2.05) is 45.0 Å². The smallest absolute Gasteiger partial charge is 0.245 e. The van der Waals surface area contributed by atoms with Crippen LogP contribution in [-0.2, 0) is 30.5 Å². The summed E-state index contributed by atoms with van der Waals surface area (Å²) in [5, 5.41) is 18.6. The van der Waals surface area contributed by atoms with Crippen molar-refractivity contribution >= 4 is 35.0 Å². The first kappa shape index (κ1) is 32.2. The van der Waals surface area contributed by atoms with E-state index in [9.17, 15) is 24.3 Å². The molecular weight excluding hydrogens is 546 g/mol. The van der Waals surface area contributed by atoms with Gasteiger partial charge in [0, 0.05) is 33.0 Å². The lowest BCUT2D eigenvalue weighted by Crippen LogP contribution is -2.56. The van der Waals surface area contributed by atoms with Crippen molar-refractivity contribution < 1.29 is 29.0 Å². The number of aliphatic hydroxyl groups excluding tert-OH is 1. The fourth-order valence-electron chi connectivity index (χ4n) is 4.75. The van der Waals surface area contributed by atoms with Crippen LogP contribution in [0.15, 0.2) is 29.8 Å².